The summed E-state index contributed by atoms with van der Waals surface area (Å²) in [6, 6.07) is -0.241. The first-order valence-corrected chi connectivity index (χ1v) is 4.52. The molecule has 0 bridgehead atoms. The summed E-state index contributed by atoms with van der Waals surface area (Å²) in [5.74, 6) is -0.986. The molecule has 84 valence electrons. The van der Waals surface area contributed by atoms with Gasteiger partial charge in [0.1, 0.15) is 5.69 Å². The molecule has 0 spiro atoms. The summed E-state index contributed by atoms with van der Waals surface area (Å²) in [5, 5.41) is 6.88. The van der Waals surface area contributed by atoms with E-state index in [9.17, 15) is 13.6 Å². The minimum absolute atomic E-state index is 0.241. The Kier molecular flexibility index (Phi) is 3.33. The van der Waals surface area contributed by atoms with Gasteiger partial charge in [0.05, 0.1) is 6.04 Å². The van der Waals surface area contributed by atoms with E-state index in [-0.39, 0.29) is 6.04 Å². The third-order valence-corrected chi connectivity index (χ3v) is 2.18. The monoisotopic (exact) mass is 218 g/mol. The first-order chi connectivity index (χ1) is 6.99. The van der Waals surface area contributed by atoms with Gasteiger partial charge in [-0.25, -0.2) is 13.5 Å². The molecule has 1 rings (SSSR count). The molecule has 0 aliphatic rings. The summed E-state index contributed by atoms with van der Waals surface area (Å²) in [6.07, 6.45) is -2.20. The van der Waals surface area contributed by atoms with Crippen molar-refractivity contribution < 1.29 is 13.6 Å². The molecule has 0 aliphatic carbocycles. The zero-order chi connectivity index (χ0) is 11.6. The number of nitrogens with two attached hydrogens (primary N) is 1. The highest BCUT2D eigenvalue weighted by Gasteiger charge is 2.26. The number of hydrogen-bond donors (Lipinski definition) is 1. The zero-order valence-electron chi connectivity index (χ0n) is 8.44. The van der Waals surface area contributed by atoms with Gasteiger partial charge < -0.3 is 5.73 Å². The van der Waals surface area contributed by atoms with Gasteiger partial charge in [-0.1, -0.05) is 12.1 Å². The van der Waals surface area contributed by atoms with Gasteiger partial charge in [0.2, 0.25) is 0 Å². The maximum Gasteiger partial charge on any atom is 0.282 e. The van der Waals surface area contributed by atoms with Crippen LogP contribution in [0.15, 0.2) is 0 Å². The van der Waals surface area contributed by atoms with E-state index in [1.807, 2.05) is 6.92 Å². The molecule has 5 nitrogen and oxygen atoms in total. The fraction of sp³-hybridized carbons (Fsp3) is 0.625. The summed E-state index contributed by atoms with van der Waals surface area (Å²) >= 11 is 0. The summed E-state index contributed by atoms with van der Waals surface area (Å²) < 4.78 is 26.4. The lowest BCUT2D eigenvalue weighted by atomic mass is 10.2. The van der Waals surface area contributed by atoms with Crippen LogP contribution in [0, 0.1) is 0 Å². The molecule has 0 saturated carbocycles. The number of primary amides is 1. The molecular formula is C8H12F2N4O. The largest absolute Gasteiger partial charge is 0.364 e. The van der Waals surface area contributed by atoms with E-state index >= 15 is 0 Å². The molecule has 15 heavy (non-hydrogen) atoms. The van der Waals surface area contributed by atoms with Crippen LogP contribution < -0.4 is 5.73 Å². The van der Waals surface area contributed by atoms with E-state index in [4.69, 9.17) is 5.73 Å². The van der Waals surface area contributed by atoms with Gasteiger partial charge in [-0.15, -0.1) is 5.10 Å². The topological polar surface area (TPSA) is 73.8 Å². The molecule has 1 aromatic heterocycles. The van der Waals surface area contributed by atoms with Crippen LogP contribution in [0.2, 0.25) is 0 Å². The molecule has 7 heteroatoms. The highest BCUT2D eigenvalue weighted by molar-refractivity contribution is 5.91. The van der Waals surface area contributed by atoms with Crippen molar-refractivity contribution in [1.29, 1.82) is 0 Å². The van der Waals surface area contributed by atoms with Gasteiger partial charge >= 0.3 is 0 Å². The van der Waals surface area contributed by atoms with Crippen molar-refractivity contribution >= 4 is 5.91 Å². The second-order valence-electron chi connectivity index (χ2n) is 3.19. The van der Waals surface area contributed by atoms with Crippen LogP contribution in [0.5, 0.6) is 0 Å². The molecule has 0 saturated heterocycles. The van der Waals surface area contributed by atoms with Gasteiger partial charge in [-0.05, 0) is 13.3 Å². The van der Waals surface area contributed by atoms with Crippen LogP contribution in [0.4, 0.5) is 8.78 Å². The first-order valence-electron chi connectivity index (χ1n) is 4.52. The Morgan fingerprint density at radius 1 is 1.60 bits per heavy atom. The summed E-state index contributed by atoms with van der Waals surface area (Å²) in [4.78, 5) is 10.8. The first kappa shape index (κ1) is 11.5. The lowest BCUT2D eigenvalue weighted by Gasteiger charge is -2.11. The van der Waals surface area contributed by atoms with Crippen LogP contribution >= 0.6 is 0 Å². The number of halogens is 2. The Balaban J connectivity index is 3.24. The highest BCUT2D eigenvalue weighted by Crippen LogP contribution is 2.24. The summed E-state index contributed by atoms with van der Waals surface area (Å²) in [6.45, 7) is 3.54. The van der Waals surface area contributed by atoms with Crippen molar-refractivity contribution in [1.82, 2.24) is 15.0 Å². The summed E-state index contributed by atoms with van der Waals surface area (Å²) in [7, 11) is 0. The third-order valence-electron chi connectivity index (χ3n) is 2.18. The quantitative estimate of drug-likeness (QED) is 0.827. The van der Waals surface area contributed by atoms with Crippen molar-refractivity contribution in [2.24, 2.45) is 5.73 Å². The lowest BCUT2D eigenvalue weighted by Crippen LogP contribution is -2.16. The Hall–Kier alpha value is -1.53. The van der Waals surface area contributed by atoms with Crippen LogP contribution in [0.3, 0.4) is 0 Å². The van der Waals surface area contributed by atoms with Gasteiger partial charge in [0.15, 0.2) is 5.69 Å². The lowest BCUT2D eigenvalue weighted by molar-refractivity contribution is 0.0975. The maximum absolute atomic E-state index is 12.7. The number of hydrogen-bond acceptors (Lipinski definition) is 3. The number of aromatic nitrogens is 3. The van der Waals surface area contributed by atoms with Crippen molar-refractivity contribution in [3.05, 3.63) is 11.4 Å². The van der Waals surface area contributed by atoms with Crippen molar-refractivity contribution in [2.75, 3.05) is 0 Å². The Bertz CT molecular complexity index is 364. The number of carbonyl (C=O) groups excluding carboxylic acids is 1. The van der Waals surface area contributed by atoms with E-state index < -0.39 is 23.7 Å². The minimum Gasteiger partial charge on any atom is -0.364 e. The van der Waals surface area contributed by atoms with Crippen LogP contribution in [-0.4, -0.2) is 20.9 Å². The van der Waals surface area contributed by atoms with Gasteiger partial charge in [0, 0.05) is 0 Å². The normalized spacial score (nSPS) is 13.1. The minimum atomic E-state index is -2.81. The predicted octanol–water partition coefficient (Wildman–Crippen LogP) is 1.29. The molecule has 1 aromatic rings. The van der Waals surface area contributed by atoms with Gasteiger partial charge in [-0.2, -0.15) is 0 Å². The Morgan fingerprint density at radius 3 is 2.60 bits per heavy atom. The molecule has 1 unspecified atom stereocenters. The van der Waals surface area contributed by atoms with Crippen LogP contribution in [0.1, 0.15) is 48.9 Å². The van der Waals surface area contributed by atoms with E-state index in [0.29, 0.717) is 6.42 Å². The molecular weight excluding hydrogens is 206 g/mol. The number of rotatable bonds is 4. The van der Waals surface area contributed by atoms with Crippen molar-refractivity contribution in [3.63, 3.8) is 0 Å². The van der Waals surface area contributed by atoms with Crippen LogP contribution in [-0.2, 0) is 0 Å². The number of carbonyl (C=O) groups is 1. The third kappa shape index (κ3) is 2.11. The smallest absolute Gasteiger partial charge is 0.282 e. The van der Waals surface area contributed by atoms with Crippen molar-refractivity contribution in [2.45, 2.75) is 32.7 Å². The second kappa shape index (κ2) is 4.33. The molecule has 1 heterocycles. The Morgan fingerprint density at radius 2 is 2.20 bits per heavy atom. The molecule has 1 atom stereocenters. The average Bonchev–Trinajstić information content (AvgIpc) is 2.60. The maximum atomic E-state index is 12.7. The molecule has 0 aliphatic heterocycles. The van der Waals surface area contributed by atoms with E-state index in [1.54, 1.807) is 6.92 Å². The predicted molar refractivity (Wildman–Crippen MR) is 48.5 cm³/mol. The summed E-state index contributed by atoms with van der Waals surface area (Å²) in [5.41, 5.74) is 3.96. The number of amides is 1. The van der Waals surface area contributed by atoms with Crippen LogP contribution in [0.25, 0.3) is 0 Å². The SMILES string of the molecule is CCC(C)n1nnc(C(N)=O)c1C(F)F. The molecule has 1 amide bonds. The highest BCUT2D eigenvalue weighted by atomic mass is 19.3. The number of alkyl halides is 2. The Labute approximate surface area is 85.2 Å². The molecule has 2 N–H and O–H groups in total. The zero-order valence-corrected chi connectivity index (χ0v) is 8.44. The fourth-order valence-corrected chi connectivity index (χ4v) is 1.18. The average molecular weight is 218 g/mol. The molecule has 0 fully saturated rings. The molecule has 0 aromatic carbocycles. The van der Waals surface area contributed by atoms with E-state index in [1.165, 1.54) is 0 Å². The number of nitrogens with zero attached hydrogens (tertiary/aromatic N) is 3. The van der Waals surface area contributed by atoms with Gasteiger partial charge in [-0.3, -0.25) is 4.79 Å². The van der Waals surface area contributed by atoms with E-state index in [2.05, 4.69) is 10.3 Å². The van der Waals surface area contributed by atoms with Gasteiger partial charge in [0.25, 0.3) is 12.3 Å². The van der Waals surface area contributed by atoms with E-state index in [0.717, 1.165) is 4.68 Å². The molecule has 0 radical (unpaired) electrons. The fourth-order valence-electron chi connectivity index (χ4n) is 1.18. The standard InChI is InChI=1S/C8H12F2N4O/c1-3-4(2)14-6(7(9)10)5(8(11)15)12-13-14/h4,7H,3H2,1-2H3,(H2,11,15). The van der Waals surface area contributed by atoms with Crippen molar-refractivity contribution in [3.8, 4) is 0 Å². The second-order valence-corrected chi connectivity index (χ2v) is 3.19.